The van der Waals surface area contributed by atoms with Crippen molar-refractivity contribution in [2.45, 2.75) is 26.2 Å². The van der Waals surface area contributed by atoms with Crippen LogP contribution in [0.15, 0.2) is 70.5 Å². The summed E-state index contributed by atoms with van der Waals surface area (Å²) < 4.78 is 1.74. The van der Waals surface area contributed by atoms with E-state index in [2.05, 4.69) is 56.1 Å². The van der Waals surface area contributed by atoms with Gasteiger partial charge in [-0.2, -0.15) is 0 Å². The van der Waals surface area contributed by atoms with E-state index in [1.807, 2.05) is 36.5 Å². The van der Waals surface area contributed by atoms with Crippen molar-refractivity contribution in [3.8, 4) is 16.8 Å². The summed E-state index contributed by atoms with van der Waals surface area (Å²) in [5.41, 5.74) is 7.59. The van der Waals surface area contributed by atoms with E-state index in [-0.39, 0.29) is 11.1 Å². The Morgan fingerprint density at radius 1 is 0.929 bits per heavy atom. The molecule has 2 heterocycles. The monoisotopic (exact) mass is 367 g/mol. The minimum atomic E-state index is -0.144. The average molecular weight is 367 g/mol. The Kier molecular flexibility index (Phi) is 3.47. The number of benzene rings is 3. The fourth-order valence-electron chi connectivity index (χ4n) is 3.88. The molecule has 4 aromatic rings. The van der Waals surface area contributed by atoms with Crippen LogP contribution in [0.1, 0.15) is 31.9 Å². The molecule has 0 radical (unpaired) electrons. The van der Waals surface area contributed by atoms with Crippen LogP contribution in [-0.4, -0.2) is 15.8 Å². The van der Waals surface area contributed by atoms with E-state index in [4.69, 9.17) is 4.99 Å². The van der Waals surface area contributed by atoms with Gasteiger partial charge < -0.3 is 4.98 Å². The maximum absolute atomic E-state index is 12.7. The maximum Gasteiger partial charge on any atom is 0.331 e. The van der Waals surface area contributed by atoms with Gasteiger partial charge in [0.1, 0.15) is 0 Å². The number of nitrogens with zero attached hydrogens (tertiary/aromatic N) is 2. The number of hydrogen-bond acceptors (Lipinski definition) is 2. The van der Waals surface area contributed by atoms with E-state index in [1.165, 1.54) is 5.56 Å². The second-order valence-electron chi connectivity index (χ2n) is 8.27. The van der Waals surface area contributed by atoms with E-state index in [0.29, 0.717) is 0 Å². The zero-order chi connectivity index (χ0) is 19.5. The molecule has 1 aliphatic heterocycles. The molecule has 0 saturated heterocycles. The van der Waals surface area contributed by atoms with Crippen molar-refractivity contribution in [2.24, 2.45) is 4.99 Å². The number of aromatic nitrogens is 2. The first-order chi connectivity index (χ1) is 13.4. The van der Waals surface area contributed by atoms with Crippen molar-refractivity contribution < 1.29 is 0 Å². The van der Waals surface area contributed by atoms with Gasteiger partial charge in [-0.05, 0) is 28.7 Å². The molecule has 1 aromatic heterocycles. The molecule has 1 N–H and O–H groups in total. The standard InChI is InChI=1S/C24H21N3O/c1-24(2,3)17-12-10-15(11-13-17)18-7-5-9-20-21(18)25-14-16-6-4-8-19-22(16)27(20)23(28)26-19/h4-14H,1-3H3,(H,26,28). The molecule has 28 heavy (non-hydrogen) atoms. The molecule has 0 unspecified atom stereocenters. The Labute approximate surface area is 163 Å². The van der Waals surface area contributed by atoms with E-state index in [9.17, 15) is 4.79 Å². The van der Waals surface area contributed by atoms with E-state index < -0.39 is 0 Å². The summed E-state index contributed by atoms with van der Waals surface area (Å²) in [4.78, 5) is 20.5. The van der Waals surface area contributed by atoms with Crippen LogP contribution in [0.5, 0.6) is 0 Å². The van der Waals surface area contributed by atoms with Gasteiger partial charge in [0.05, 0.1) is 22.4 Å². The second kappa shape index (κ2) is 5.80. The zero-order valence-electron chi connectivity index (χ0n) is 16.2. The van der Waals surface area contributed by atoms with Crippen molar-refractivity contribution >= 4 is 22.9 Å². The third-order valence-corrected chi connectivity index (χ3v) is 5.39. The summed E-state index contributed by atoms with van der Waals surface area (Å²) in [6.45, 7) is 6.63. The number of hydrogen-bond donors (Lipinski definition) is 1. The first kappa shape index (κ1) is 16.8. The van der Waals surface area contributed by atoms with Gasteiger partial charge >= 0.3 is 5.69 Å². The summed E-state index contributed by atoms with van der Waals surface area (Å²) in [6, 6.07) is 20.5. The van der Waals surface area contributed by atoms with E-state index in [0.717, 1.165) is 39.1 Å². The van der Waals surface area contributed by atoms with Crippen LogP contribution in [0.4, 0.5) is 5.69 Å². The number of fused-ring (bicyclic) bond motifs is 2. The number of rotatable bonds is 1. The third-order valence-electron chi connectivity index (χ3n) is 5.39. The van der Waals surface area contributed by atoms with Crippen molar-refractivity contribution in [2.75, 3.05) is 0 Å². The Morgan fingerprint density at radius 2 is 1.68 bits per heavy atom. The van der Waals surface area contributed by atoms with Gasteiger partial charge in [0.25, 0.3) is 0 Å². The number of nitrogens with one attached hydrogen (secondary N) is 1. The molecule has 4 nitrogen and oxygen atoms in total. The van der Waals surface area contributed by atoms with Gasteiger partial charge in [-0.1, -0.05) is 69.3 Å². The van der Waals surface area contributed by atoms with E-state index in [1.54, 1.807) is 4.57 Å². The lowest BCUT2D eigenvalue weighted by molar-refractivity contribution is 0.590. The van der Waals surface area contributed by atoms with Crippen LogP contribution >= 0.6 is 0 Å². The Bertz CT molecular complexity index is 1300. The third kappa shape index (κ3) is 2.45. The molecular formula is C24H21N3O. The summed E-state index contributed by atoms with van der Waals surface area (Å²) in [6.07, 6.45) is 1.85. The fourth-order valence-corrected chi connectivity index (χ4v) is 3.88. The molecule has 0 amide bonds. The van der Waals surface area contributed by atoms with Crippen molar-refractivity contribution in [1.82, 2.24) is 9.55 Å². The summed E-state index contributed by atoms with van der Waals surface area (Å²) >= 11 is 0. The highest BCUT2D eigenvalue weighted by Crippen LogP contribution is 2.38. The largest absolute Gasteiger partial charge is 0.331 e. The quantitative estimate of drug-likeness (QED) is 0.427. The molecule has 4 heteroatoms. The molecule has 0 spiro atoms. The summed E-state index contributed by atoms with van der Waals surface area (Å²) in [5, 5.41) is 0. The van der Waals surface area contributed by atoms with Crippen molar-refractivity contribution in [1.29, 1.82) is 0 Å². The minimum Gasteiger partial charge on any atom is -0.305 e. The Balaban J connectivity index is 1.76. The SMILES string of the molecule is CC(C)(C)c1ccc(-c2cccc3c2N=Cc2cccc4[nH]c(=O)n-3c24)cc1. The molecule has 5 rings (SSSR count). The number of para-hydroxylation sites is 2. The van der Waals surface area contributed by atoms with Crippen LogP contribution in [0.3, 0.4) is 0 Å². The molecule has 3 aromatic carbocycles. The molecule has 138 valence electrons. The van der Waals surface area contributed by atoms with Crippen LogP contribution in [0.25, 0.3) is 27.8 Å². The van der Waals surface area contributed by atoms with Crippen molar-refractivity contribution in [3.63, 3.8) is 0 Å². The first-order valence-corrected chi connectivity index (χ1v) is 9.45. The lowest BCUT2D eigenvalue weighted by Gasteiger charge is -2.19. The number of imidazole rings is 1. The number of H-pyrrole nitrogens is 1. The zero-order valence-corrected chi connectivity index (χ0v) is 16.2. The van der Waals surface area contributed by atoms with Crippen LogP contribution in [-0.2, 0) is 5.41 Å². The summed E-state index contributed by atoms with van der Waals surface area (Å²) in [5.74, 6) is 0. The number of aliphatic imine (C=N–C) groups is 1. The molecular weight excluding hydrogens is 346 g/mol. The fraction of sp³-hybridized carbons (Fsp3) is 0.167. The lowest BCUT2D eigenvalue weighted by atomic mass is 9.86. The maximum atomic E-state index is 12.7. The van der Waals surface area contributed by atoms with Gasteiger partial charge in [-0.25, -0.2) is 4.79 Å². The highest BCUT2D eigenvalue weighted by molar-refractivity contribution is 6.02. The predicted molar refractivity (Wildman–Crippen MR) is 115 cm³/mol. The van der Waals surface area contributed by atoms with Gasteiger partial charge in [-0.15, -0.1) is 0 Å². The molecule has 0 fully saturated rings. The van der Waals surface area contributed by atoms with Gasteiger partial charge in [0.15, 0.2) is 0 Å². The van der Waals surface area contributed by atoms with Crippen LogP contribution < -0.4 is 5.69 Å². The smallest absolute Gasteiger partial charge is 0.305 e. The normalized spacial score (nSPS) is 12.8. The Hall–Kier alpha value is -3.40. The first-order valence-electron chi connectivity index (χ1n) is 9.45. The van der Waals surface area contributed by atoms with Gasteiger partial charge in [0, 0.05) is 17.3 Å². The van der Waals surface area contributed by atoms with Crippen molar-refractivity contribution in [3.05, 3.63) is 82.3 Å². The molecule has 0 aliphatic carbocycles. The molecule has 1 aliphatic rings. The molecule has 0 bridgehead atoms. The highest BCUT2D eigenvalue weighted by Gasteiger charge is 2.20. The number of aromatic amines is 1. The average Bonchev–Trinajstić information content (AvgIpc) is 2.90. The second-order valence-corrected chi connectivity index (χ2v) is 8.27. The molecule has 0 saturated carbocycles. The Morgan fingerprint density at radius 3 is 2.43 bits per heavy atom. The van der Waals surface area contributed by atoms with E-state index >= 15 is 0 Å². The summed E-state index contributed by atoms with van der Waals surface area (Å²) in [7, 11) is 0. The lowest BCUT2D eigenvalue weighted by Crippen LogP contribution is -2.14. The van der Waals surface area contributed by atoms with Crippen LogP contribution in [0, 0.1) is 0 Å². The minimum absolute atomic E-state index is 0.107. The molecule has 0 atom stereocenters. The van der Waals surface area contributed by atoms with Gasteiger partial charge in [0.2, 0.25) is 0 Å². The topological polar surface area (TPSA) is 50.1 Å². The predicted octanol–water partition coefficient (Wildman–Crippen LogP) is 5.35. The van der Waals surface area contributed by atoms with Gasteiger partial charge in [-0.3, -0.25) is 9.56 Å². The highest BCUT2D eigenvalue weighted by atomic mass is 16.1. The van der Waals surface area contributed by atoms with Crippen LogP contribution in [0.2, 0.25) is 0 Å².